The van der Waals surface area contributed by atoms with Crippen LogP contribution in [0, 0.1) is 5.82 Å². The molecular formula is C25H28FN11O2. The number of benzene rings is 1. The molecule has 1 aliphatic rings. The molecular weight excluding hydrogens is 505 g/mol. The fourth-order valence-corrected chi connectivity index (χ4v) is 4.77. The summed E-state index contributed by atoms with van der Waals surface area (Å²) in [6, 6.07) is 8.14. The van der Waals surface area contributed by atoms with Gasteiger partial charge in [0.05, 0.1) is 30.1 Å². The Morgan fingerprint density at radius 1 is 1.10 bits per heavy atom. The molecule has 5 N–H and O–H groups in total. The van der Waals surface area contributed by atoms with Gasteiger partial charge in [0.15, 0.2) is 17.1 Å². The minimum atomic E-state index is -0.412. The number of piperazine rings is 1. The van der Waals surface area contributed by atoms with Crippen LogP contribution in [-0.4, -0.2) is 86.0 Å². The molecule has 0 unspecified atom stereocenters. The third kappa shape index (κ3) is 4.75. The standard InChI is InChI=1S/C25H28FN11O2/c26-18-14-16(24(38)29-6-5-27)3-4-19(18)35-10-7-34(8-11-35)9-12-36-22-17(15-30-36)23-31-21(20-2-1-13-39-20)33-37(23)25(28)32-22/h1-4,13-15H,5-12,27H2,(H2,28,32)(H,29,38). The van der Waals surface area contributed by atoms with Crippen molar-refractivity contribution in [2.24, 2.45) is 5.73 Å². The maximum absolute atomic E-state index is 14.8. The summed E-state index contributed by atoms with van der Waals surface area (Å²) in [6.07, 6.45) is 3.28. The second kappa shape index (κ2) is 10.3. The SMILES string of the molecule is NCCNC(=O)c1ccc(N2CCN(CCn3ncc4c3nc(N)n3nc(-c5ccco5)nc43)CC2)c(F)c1. The van der Waals surface area contributed by atoms with E-state index in [2.05, 4.69) is 30.4 Å². The first-order valence-corrected chi connectivity index (χ1v) is 12.7. The second-order valence-corrected chi connectivity index (χ2v) is 9.26. The summed E-state index contributed by atoms with van der Waals surface area (Å²) in [5, 5.41) is 12.3. The Balaban J connectivity index is 1.10. The summed E-state index contributed by atoms with van der Waals surface area (Å²) in [4.78, 5) is 25.5. The van der Waals surface area contributed by atoms with E-state index in [1.807, 2.05) is 9.58 Å². The topological polar surface area (TPSA) is 162 Å². The number of anilines is 2. The van der Waals surface area contributed by atoms with Crippen molar-refractivity contribution >= 4 is 34.2 Å². The summed E-state index contributed by atoms with van der Waals surface area (Å²) in [5.41, 5.74) is 13.6. The first-order valence-electron chi connectivity index (χ1n) is 12.7. The molecule has 0 atom stereocenters. The number of furan rings is 1. The predicted octanol–water partition coefficient (Wildman–Crippen LogP) is 0.966. The van der Waals surface area contributed by atoms with Crippen molar-refractivity contribution in [3.05, 3.63) is 54.2 Å². The number of carbonyl (C=O) groups is 1. The van der Waals surface area contributed by atoms with E-state index in [9.17, 15) is 9.18 Å². The smallest absolute Gasteiger partial charge is 0.251 e. The molecule has 13 nitrogen and oxygen atoms in total. The zero-order chi connectivity index (χ0) is 26.9. The van der Waals surface area contributed by atoms with Crippen LogP contribution in [0.15, 0.2) is 47.2 Å². The van der Waals surface area contributed by atoms with Crippen LogP contribution >= 0.6 is 0 Å². The number of hydrogen-bond donors (Lipinski definition) is 3. The number of carbonyl (C=O) groups excluding carboxylic acids is 1. The average Bonchev–Trinajstić information content (AvgIpc) is 3.71. The molecule has 0 saturated carbocycles. The minimum absolute atomic E-state index is 0.211. The van der Waals surface area contributed by atoms with Crippen LogP contribution in [0.1, 0.15) is 10.4 Å². The number of fused-ring (bicyclic) bond motifs is 3. The Hall–Kier alpha value is -4.56. The summed E-state index contributed by atoms with van der Waals surface area (Å²) in [5.74, 6) is 0.434. The lowest BCUT2D eigenvalue weighted by atomic mass is 10.1. The molecule has 0 spiro atoms. The van der Waals surface area contributed by atoms with Gasteiger partial charge in [0.1, 0.15) is 5.82 Å². The van der Waals surface area contributed by atoms with Crippen molar-refractivity contribution in [3.63, 3.8) is 0 Å². The van der Waals surface area contributed by atoms with E-state index in [1.54, 1.807) is 36.7 Å². The molecule has 5 aromatic rings. The van der Waals surface area contributed by atoms with Gasteiger partial charge in [-0.05, 0) is 30.3 Å². The second-order valence-electron chi connectivity index (χ2n) is 9.26. The highest BCUT2D eigenvalue weighted by molar-refractivity contribution is 5.94. The largest absolute Gasteiger partial charge is 0.461 e. The number of amides is 1. The van der Waals surface area contributed by atoms with Gasteiger partial charge in [0.2, 0.25) is 11.8 Å². The molecule has 6 rings (SSSR count). The summed E-state index contributed by atoms with van der Waals surface area (Å²) in [7, 11) is 0. The lowest BCUT2D eigenvalue weighted by Crippen LogP contribution is -2.47. The van der Waals surface area contributed by atoms with Crippen LogP contribution in [0.2, 0.25) is 0 Å². The Morgan fingerprint density at radius 3 is 2.69 bits per heavy atom. The van der Waals surface area contributed by atoms with E-state index in [4.69, 9.17) is 15.9 Å². The molecule has 0 bridgehead atoms. The lowest BCUT2D eigenvalue weighted by Gasteiger charge is -2.36. The third-order valence-corrected chi connectivity index (χ3v) is 6.82. The molecule has 0 aliphatic carbocycles. The van der Waals surface area contributed by atoms with E-state index in [-0.39, 0.29) is 17.4 Å². The Labute approximate surface area is 222 Å². The fourth-order valence-electron chi connectivity index (χ4n) is 4.77. The molecule has 1 amide bonds. The van der Waals surface area contributed by atoms with Crippen LogP contribution < -0.4 is 21.7 Å². The maximum Gasteiger partial charge on any atom is 0.251 e. The van der Waals surface area contributed by atoms with Crippen molar-refractivity contribution in [1.82, 2.24) is 39.6 Å². The minimum Gasteiger partial charge on any atom is -0.461 e. The molecule has 202 valence electrons. The third-order valence-electron chi connectivity index (χ3n) is 6.82. The van der Waals surface area contributed by atoms with Gasteiger partial charge in [-0.1, -0.05) is 0 Å². The van der Waals surface area contributed by atoms with Crippen molar-refractivity contribution < 1.29 is 13.6 Å². The predicted molar refractivity (Wildman–Crippen MR) is 143 cm³/mol. The first-order chi connectivity index (χ1) is 19.0. The quantitative estimate of drug-likeness (QED) is 0.262. The molecule has 1 saturated heterocycles. The van der Waals surface area contributed by atoms with Gasteiger partial charge in [-0.3, -0.25) is 9.69 Å². The van der Waals surface area contributed by atoms with Gasteiger partial charge in [-0.15, -0.1) is 5.10 Å². The molecule has 0 radical (unpaired) electrons. The molecule has 5 heterocycles. The number of nitrogens with one attached hydrogen (secondary N) is 1. The summed E-state index contributed by atoms with van der Waals surface area (Å²) >= 11 is 0. The Morgan fingerprint density at radius 2 is 1.95 bits per heavy atom. The fraction of sp³-hybridized carbons (Fsp3) is 0.320. The molecule has 1 aliphatic heterocycles. The first kappa shape index (κ1) is 24.8. The van der Waals surface area contributed by atoms with Crippen LogP contribution in [-0.2, 0) is 6.54 Å². The highest BCUT2D eigenvalue weighted by Gasteiger charge is 2.22. The van der Waals surface area contributed by atoms with Gasteiger partial charge in [0.25, 0.3) is 5.91 Å². The number of halogens is 1. The molecule has 39 heavy (non-hydrogen) atoms. The van der Waals surface area contributed by atoms with E-state index < -0.39 is 5.82 Å². The number of aromatic nitrogens is 6. The highest BCUT2D eigenvalue weighted by Crippen LogP contribution is 2.24. The van der Waals surface area contributed by atoms with Crippen molar-refractivity contribution in [1.29, 1.82) is 0 Å². The zero-order valence-corrected chi connectivity index (χ0v) is 21.1. The highest BCUT2D eigenvalue weighted by atomic mass is 19.1. The molecule has 14 heteroatoms. The Bertz CT molecular complexity index is 1620. The van der Waals surface area contributed by atoms with E-state index in [1.165, 1.54) is 10.6 Å². The van der Waals surface area contributed by atoms with E-state index >= 15 is 0 Å². The van der Waals surface area contributed by atoms with Gasteiger partial charge in [0, 0.05) is 51.4 Å². The van der Waals surface area contributed by atoms with Crippen LogP contribution in [0.25, 0.3) is 28.3 Å². The van der Waals surface area contributed by atoms with Gasteiger partial charge in [-0.2, -0.15) is 14.6 Å². The van der Waals surface area contributed by atoms with E-state index in [0.717, 1.165) is 25.0 Å². The van der Waals surface area contributed by atoms with Crippen molar-refractivity contribution in [2.45, 2.75) is 6.54 Å². The van der Waals surface area contributed by atoms with E-state index in [0.29, 0.717) is 61.3 Å². The number of nitrogen functional groups attached to an aromatic ring is 1. The number of hydrogen-bond acceptors (Lipinski definition) is 10. The number of nitrogens with zero attached hydrogens (tertiary/aromatic N) is 8. The van der Waals surface area contributed by atoms with Crippen LogP contribution in [0.3, 0.4) is 0 Å². The lowest BCUT2D eigenvalue weighted by molar-refractivity contribution is 0.0954. The Kier molecular flexibility index (Phi) is 6.54. The van der Waals surface area contributed by atoms with Crippen LogP contribution in [0.5, 0.6) is 0 Å². The van der Waals surface area contributed by atoms with Crippen LogP contribution in [0.4, 0.5) is 16.0 Å². The van der Waals surface area contributed by atoms with Crippen molar-refractivity contribution in [3.8, 4) is 11.6 Å². The van der Waals surface area contributed by atoms with Gasteiger partial charge >= 0.3 is 0 Å². The molecule has 1 fully saturated rings. The summed E-state index contributed by atoms with van der Waals surface area (Å²) < 4.78 is 23.5. The monoisotopic (exact) mass is 533 g/mol. The number of nitrogens with two attached hydrogens (primary N) is 2. The average molecular weight is 534 g/mol. The normalized spacial score (nSPS) is 14.5. The molecule has 4 aromatic heterocycles. The van der Waals surface area contributed by atoms with Crippen molar-refractivity contribution in [2.75, 3.05) is 56.4 Å². The van der Waals surface area contributed by atoms with Gasteiger partial charge in [-0.25, -0.2) is 14.1 Å². The zero-order valence-electron chi connectivity index (χ0n) is 21.1. The number of rotatable bonds is 8. The summed E-state index contributed by atoms with van der Waals surface area (Å²) in [6.45, 7) is 4.86. The molecule has 1 aromatic carbocycles. The maximum atomic E-state index is 14.8. The van der Waals surface area contributed by atoms with Gasteiger partial charge < -0.3 is 26.1 Å².